The van der Waals surface area contributed by atoms with Crippen molar-refractivity contribution in [1.82, 2.24) is 5.32 Å². The van der Waals surface area contributed by atoms with Crippen LogP contribution in [0.25, 0.3) is 0 Å². The highest BCUT2D eigenvalue weighted by molar-refractivity contribution is 6.30. The normalized spacial score (nSPS) is 16.0. The zero-order valence-corrected chi connectivity index (χ0v) is 10.4. The summed E-state index contributed by atoms with van der Waals surface area (Å²) < 4.78 is 0. The molecule has 1 aromatic carbocycles. The molecule has 1 aromatic rings. The first-order chi connectivity index (χ1) is 6.77. The van der Waals surface area contributed by atoms with Crippen LogP contribution in [0.1, 0.15) is 5.56 Å². The smallest absolute Gasteiger partial charge is 0.0426 e. The second-order valence-electron chi connectivity index (χ2n) is 3.67. The number of halogens is 2. The molecule has 0 spiro atoms. The number of piperazine rings is 1. The van der Waals surface area contributed by atoms with Gasteiger partial charge < -0.3 is 10.2 Å². The lowest BCUT2D eigenvalue weighted by Gasteiger charge is -2.30. The number of anilines is 1. The van der Waals surface area contributed by atoms with Crippen molar-refractivity contribution in [3.05, 3.63) is 28.8 Å². The van der Waals surface area contributed by atoms with E-state index in [1.54, 1.807) is 0 Å². The maximum Gasteiger partial charge on any atom is 0.0426 e. The van der Waals surface area contributed by atoms with E-state index in [2.05, 4.69) is 29.3 Å². The van der Waals surface area contributed by atoms with Crippen LogP contribution in [-0.2, 0) is 0 Å². The van der Waals surface area contributed by atoms with Gasteiger partial charge in [0.25, 0.3) is 0 Å². The van der Waals surface area contributed by atoms with Gasteiger partial charge >= 0.3 is 0 Å². The number of hydrogen-bond donors (Lipinski definition) is 1. The highest BCUT2D eigenvalue weighted by atomic mass is 35.5. The van der Waals surface area contributed by atoms with Crippen molar-refractivity contribution in [3.63, 3.8) is 0 Å². The summed E-state index contributed by atoms with van der Waals surface area (Å²) in [5.74, 6) is 0. The molecule has 1 aliphatic heterocycles. The summed E-state index contributed by atoms with van der Waals surface area (Å²) >= 11 is 5.99. The van der Waals surface area contributed by atoms with E-state index < -0.39 is 0 Å². The van der Waals surface area contributed by atoms with Gasteiger partial charge in [0.2, 0.25) is 0 Å². The number of rotatable bonds is 1. The zero-order chi connectivity index (χ0) is 9.97. The van der Waals surface area contributed by atoms with Gasteiger partial charge in [0.05, 0.1) is 0 Å². The van der Waals surface area contributed by atoms with Gasteiger partial charge in [0.15, 0.2) is 0 Å². The van der Waals surface area contributed by atoms with Crippen LogP contribution in [-0.4, -0.2) is 26.2 Å². The minimum absolute atomic E-state index is 0. The average molecular weight is 247 g/mol. The topological polar surface area (TPSA) is 15.3 Å². The molecule has 0 radical (unpaired) electrons. The third kappa shape index (κ3) is 3.00. The number of hydrogen-bond acceptors (Lipinski definition) is 2. The standard InChI is InChI=1S/C11H15ClN2.ClH/c1-9-2-3-10(12)8-11(9)14-6-4-13-5-7-14;/h2-3,8,13H,4-7H2,1H3;1H. The molecular formula is C11H16Cl2N2. The van der Waals surface area contributed by atoms with Crippen LogP contribution >= 0.6 is 24.0 Å². The zero-order valence-electron chi connectivity index (χ0n) is 8.79. The Morgan fingerprint density at radius 3 is 2.60 bits per heavy atom. The first-order valence-electron chi connectivity index (χ1n) is 4.99. The molecular weight excluding hydrogens is 231 g/mol. The van der Waals surface area contributed by atoms with Gasteiger partial charge in [-0.25, -0.2) is 0 Å². The fourth-order valence-electron chi connectivity index (χ4n) is 1.83. The van der Waals surface area contributed by atoms with Crippen LogP contribution < -0.4 is 10.2 Å². The Balaban J connectivity index is 0.00000112. The molecule has 0 amide bonds. The third-order valence-corrected chi connectivity index (χ3v) is 2.86. The van der Waals surface area contributed by atoms with Crippen molar-refractivity contribution in [1.29, 1.82) is 0 Å². The van der Waals surface area contributed by atoms with Crippen LogP contribution in [0.15, 0.2) is 18.2 Å². The van der Waals surface area contributed by atoms with E-state index in [0.29, 0.717) is 0 Å². The van der Waals surface area contributed by atoms with Gasteiger partial charge in [-0.2, -0.15) is 0 Å². The minimum Gasteiger partial charge on any atom is -0.369 e. The molecule has 15 heavy (non-hydrogen) atoms. The summed E-state index contributed by atoms with van der Waals surface area (Å²) in [5, 5.41) is 4.17. The molecule has 1 fully saturated rings. The van der Waals surface area contributed by atoms with Crippen molar-refractivity contribution in [2.24, 2.45) is 0 Å². The van der Waals surface area contributed by atoms with E-state index in [9.17, 15) is 0 Å². The summed E-state index contributed by atoms with van der Waals surface area (Å²) in [6, 6.07) is 6.09. The van der Waals surface area contributed by atoms with Gasteiger partial charge in [0.1, 0.15) is 0 Å². The van der Waals surface area contributed by atoms with E-state index in [-0.39, 0.29) is 12.4 Å². The number of benzene rings is 1. The van der Waals surface area contributed by atoms with Crippen LogP contribution in [0, 0.1) is 6.92 Å². The Bertz CT molecular complexity index is 322. The van der Waals surface area contributed by atoms with Gasteiger partial charge in [0, 0.05) is 36.9 Å². The lowest BCUT2D eigenvalue weighted by molar-refractivity contribution is 0.588. The van der Waals surface area contributed by atoms with Crippen molar-refractivity contribution < 1.29 is 0 Å². The van der Waals surface area contributed by atoms with Gasteiger partial charge in [-0.15, -0.1) is 12.4 Å². The molecule has 0 aliphatic carbocycles. The molecule has 0 bridgehead atoms. The Hall–Kier alpha value is -0.440. The Morgan fingerprint density at radius 2 is 1.93 bits per heavy atom. The molecule has 4 heteroatoms. The molecule has 2 nitrogen and oxygen atoms in total. The fourth-order valence-corrected chi connectivity index (χ4v) is 2.00. The third-order valence-electron chi connectivity index (χ3n) is 2.63. The van der Waals surface area contributed by atoms with Crippen molar-refractivity contribution in [2.75, 3.05) is 31.1 Å². The quantitative estimate of drug-likeness (QED) is 0.820. The highest BCUT2D eigenvalue weighted by Gasteiger charge is 2.12. The molecule has 84 valence electrons. The number of nitrogens with zero attached hydrogens (tertiary/aromatic N) is 1. The SMILES string of the molecule is Cc1ccc(Cl)cc1N1CCNCC1.Cl. The predicted molar refractivity (Wildman–Crippen MR) is 68.5 cm³/mol. The van der Waals surface area contributed by atoms with Gasteiger partial charge in [-0.3, -0.25) is 0 Å². The summed E-state index contributed by atoms with van der Waals surface area (Å²) in [6.07, 6.45) is 0. The maximum atomic E-state index is 5.99. The summed E-state index contributed by atoms with van der Waals surface area (Å²) in [6.45, 7) is 6.40. The van der Waals surface area contributed by atoms with Crippen molar-refractivity contribution in [3.8, 4) is 0 Å². The first-order valence-corrected chi connectivity index (χ1v) is 5.37. The molecule has 2 rings (SSSR count). The number of nitrogens with one attached hydrogen (secondary N) is 1. The first kappa shape index (κ1) is 12.6. The largest absolute Gasteiger partial charge is 0.369 e. The van der Waals surface area contributed by atoms with Crippen molar-refractivity contribution >= 4 is 29.7 Å². The monoisotopic (exact) mass is 246 g/mol. The summed E-state index contributed by atoms with van der Waals surface area (Å²) in [4.78, 5) is 2.39. The van der Waals surface area contributed by atoms with Gasteiger partial charge in [-0.05, 0) is 24.6 Å². The summed E-state index contributed by atoms with van der Waals surface area (Å²) in [5.41, 5.74) is 2.58. The van der Waals surface area contributed by atoms with E-state index in [1.807, 2.05) is 6.07 Å². The molecule has 0 atom stereocenters. The molecule has 1 N–H and O–H groups in total. The van der Waals surface area contributed by atoms with E-state index in [1.165, 1.54) is 11.3 Å². The van der Waals surface area contributed by atoms with Crippen LogP contribution in [0.5, 0.6) is 0 Å². The molecule has 1 saturated heterocycles. The summed E-state index contributed by atoms with van der Waals surface area (Å²) in [7, 11) is 0. The van der Waals surface area contributed by atoms with Crippen molar-refractivity contribution in [2.45, 2.75) is 6.92 Å². The molecule has 0 unspecified atom stereocenters. The van der Waals surface area contributed by atoms with Crippen LogP contribution in [0.4, 0.5) is 5.69 Å². The molecule has 0 aromatic heterocycles. The van der Waals surface area contributed by atoms with Crippen LogP contribution in [0.3, 0.4) is 0 Å². The molecule has 1 aliphatic rings. The second kappa shape index (κ2) is 5.59. The molecule has 1 heterocycles. The molecule has 0 saturated carbocycles. The lowest BCUT2D eigenvalue weighted by Crippen LogP contribution is -2.43. The Morgan fingerprint density at radius 1 is 1.27 bits per heavy atom. The average Bonchev–Trinajstić information content (AvgIpc) is 2.23. The Labute approximate surface area is 102 Å². The maximum absolute atomic E-state index is 5.99. The minimum atomic E-state index is 0. The second-order valence-corrected chi connectivity index (χ2v) is 4.10. The van der Waals surface area contributed by atoms with E-state index in [4.69, 9.17) is 11.6 Å². The predicted octanol–water partition coefficient (Wildman–Crippen LogP) is 2.48. The van der Waals surface area contributed by atoms with E-state index >= 15 is 0 Å². The van der Waals surface area contributed by atoms with Gasteiger partial charge in [-0.1, -0.05) is 17.7 Å². The highest BCUT2D eigenvalue weighted by Crippen LogP contribution is 2.24. The lowest BCUT2D eigenvalue weighted by atomic mass is 10.1. The van der Waals surface area contributed by atoms with Crippen LogP contribution in [0.2, 0.25) is 5.02 Å². The number of aryl methyl sites for hydroxylation is 1. The van der Waals surface area contributed by atoms with E-state index in [0.717, 1.165) is 31.2 Å². The fraction of sp³-hybridized carbons (Fsp3) is 0.455. The Kier molecular flexibility index (Phi) is 4.71.